The molecule has 4 N–H and O–H groups in total. The van der Waals surface area contributed by atoms with Gasteiger partial charge in [0.05, 0.1) is 24.7 Å². The molecule has 0 radical (unpaired) electrons. The van der Waals surface area contributed by atoms with Crippen LogP contribution in [0, 0.1) is 0 Å². The van der Waals surface area contributed by atoms with Gasteiger partial charge in [0.2, 0.25) is 5.91 Å². The highest BCUT2D eigenvalue weighted by molar-refractivity contribution is 5.94. The number of hydrogen-bond acceptors (Lipinski definition) is 6. The highest BCUT2D eigenvalue weighted by Crippen LogP contribution is 2.24. The van der Waals surface area contributed by atoms with Crippen molar-refractivity contribution in [3.8, 4) is 0 Å². The second-order valence-electron chi connectivity index (χ2n) is 8.25. The van der Waals surface area contributed by atoms with Crippen molar-refractivity contribution in [3.63, 3.8) is 0 Å². The van der Waals surface area contributed by atoms with E-state index in [1.165, 1.54) is 6.92 Å². The molecule has 2 rings (SSSR count). The molecule has 4 atom stereocenters. The van der Waals surface area contributed by atoms with Crippen molar-refractivity contribution < 1.29 is 24.0 Å². The van der Waals surface area contributed by atoms with E-state index in [1.807, 2.05) is 51.1 Å². The molecule has 1 aromatic carbocycles. The summed E-state index contributed by atoms with van der Waals surface area (Å²) in [5.41, 5.74) is 9.88. The topological polar surface area (TPSA) is 120 Å². The van der Waals surface area contributed by atoms with E-state index in [0.717, 1.165) is 18.4 Å². The van der Waals surface area contributed by atoms with Crippen LogP contribution in [0.5, 0.6) is 0 Å². The lowest BCUT2D eigenvalue weighted by Gasteiger charge is -2.36. The van der Waals surface area contributed by atoms with Crippen molar-refractivity contribution in [2.45, 2.75) is 83.6 Å². The number of amides is 2. The van der Waals surface area contributed by atoms with E-state index in [9.17, 15) is 14.4 Å². The summed E-state index contributed by atoms with van der Waals surface area (Å²) >= 11 is 0. The fourth-order valence-electron chi connectivity index (χ4n) is 3.77. The predicted molar refractivity (Wildman–Crippen MR) is 121 cm³/mol. The highest BCUT2D eigenvalue weighted by Gasteiger charge is 2.35. The largest absolute Gasteiger partial charge is 0.369 e. The van der Waals surface area contributed by atoms with E-state index in [4.69, 9.17) is 15.3 Å². The lowest BCUT2D eigenvalue weighted by Crippen LogP contribution is -2.57. The Labute approximate surface area is 189 Å². The monoisotopic (exact) mass is 445 g/mol. The number of benzene rings is 1. The van der Waals surface area contributed by atoms with Gasteiger partial charge < -0.3 is 20.6 Å². The molecular formula is C24H35N3O5. The molecule has 0 heterocycles. The fourth-order valence-corrected chi connectivity index (χ4v) is 3.77. The van der Waals surface area contributed by atoms with Gasteiger partial charge in [-0.25, -0.2) is 4.79 Å². The minimum absolute atomic E-state index is 0.0283. The Morgan fingerprint density at radius 2 is 1.81 bits per heavy atom. The number of carbonyl (C=O) groups excluding carboxylic acids is 3. The van der Waals surface area contributed by atoms with E-state index in [1.54, 1.807) is 6.08 Å². The van der Waals surface area contributed by atoms with Gasteiger partial charge in [0, 0.05) is 18.5 Å². The van der Waals surface area contributed by atoms with Crippen LogP contribution in [0.4, 0.5) is 0 Å². The van der Waals surface area contributed by atoms with Crippen LogP contribution in [-0.4, -0.2) is 42.1 Å². The third kappa shape index (κ3) is 7.46. The molecule has 0 bridgehead atoms. The van der Waals surface area contributed by atoms with Gasteiger partial charge in [-0.3, -0.25) is 9.59 Å². The first-order valence-corrected chi connectivity index (χ1v) is 11.2. The van der Waals surface area contributed by atoms with Crippen molar-refractivity contribution in [2.24, 2.45) is 5.73 Å². The maximum atomic E-state index is 12.6. The first kappa shape index (κ1) is 25.5. The molecule has 0 aromatic heterocycles. The summed E-state index contributed by atoms with van der Waals surface area (Å²) in [6.07, 6.45) is 3.02. The summed E-state index contributed by atoms with van der Waals surface area (Å²) in [6.45, 7) is 7.36. The average molecular weight is 446 g/mol. The third-order valence-corrected chi connectivity index (χ3v) is 5.66. The molecule has 1 unspecified atom stereocenters. The standard InChI is InChI=1S/C24H35N3O5/c1-5-19(6-2)31-21-14-18(13-20(25)23(21)26-16(4)28)24(30)27-32-22(29)12-15(3)17-10-8-7-9-11-17/h7-11,14-15,19-21,23H,5-6,12-13,25H2,1-4H3,(H,26,28)(H,27,30)/t15?,20-,21+,23+/m0/s1. The van der Waals surface area contributed by atoms with Gasteiger partial charge in [0.15, 0.2) is 0 Å². The summed E-state index contributed by atoms with van der Waals surface area (Å²) in [7, 11) is 0. The van der Waals surface area contributed by atoms with Gasteiger partial charge in [-0.15, -0.1) is 0 Å². The number of nitrogens with two attached hydrogens (primary N) is 1. The molecule has 0 saturated heterocycles. The van der Waals surface area contributed by atoms with Gasteiger partial charge in [0.1, 0.15) is 0 Å². The maximum absolute atomic E-state index is 12.6. The lowest BCUT2D eigenvalue weighted by molar-refractivity contribution is -0.157. The van der Waals surface area contributed by atoms with Crippen molar-refractivity contribution in [1.82, 2.24) is 10.8 Å². The van der Waals surface area contributed by atoms with Gasteiger partial charge in [-0.2, -0.15) is 5.48 Å². The van der Waals surface area contributed by atoms with Crippen LogP contribution in [0.1, 0.15) is 64.9 Å². The lowest BCUT2D eigenvalue weighted by atomic mass is 9.88. The van der Waals surface area contributed by atoms with Gasteiger partial charge in [0.25, 0.3) is 5.91 Å². The quantitative estimate of drug-likeness (QED) is 0.503. The first-order chi connectivity index (χ1) is 15.2. The number of carbonyl (C=O) groups is 3. The Kier molecular flexibility index (Phi) is 9.87. The van der Waals surface area contributed by atoms with Crippen LogP contribution >= 0.6 is 0 Å². The van der Waals surface area contributed by atoms with Crippen molar-refractivity contribution in [3.05, 3.63) is 47.5 Å². The van der Waals surface area contributed by atoms with E-state index in [2.05, 4.69) is 10.8 Å². The smallest absolute Gasteiger partial charge is 0.332 e. The van der Waals surface area contributed by atoms with Crippen molar-refractivity contribution >= 4 is 17.8 Å². The second kappa shape index (κ2) is 12.4. The SMILES string of the molecule is CCC(CC)O[C@@H]1C=C(C(=O)NOC(=O)CC(C)c2ccccc2)C[C@H](N)[C@H]1NC(C)=O. The molecule has 0 spiro atoms. The molecule has 1 aliphatic rings. The van der Waals surface area contributed by atoms with E-state index < -0.39 is 30.1 Å². The van der Waals surface area contributed by atoms with Gasteiger partial charge in [-0.05, 0) is 36.8 Å². The van der Waals surface area contributed by atoms with Crippen LogP contribution in [0.15, 0.2) is 42.0 Å². The Balaban J connectivity index is 2.01. The van der Waals surface area contributed by atoms with E-state index >= 15 is 0 Å². The fraction of sp³-hybridized carbons (Fsp3) is 0.542. The first-order valence-electron chi connectivity index (χ1n) is 11.2. The summed E-state index contributed by atoms with van der Waals surface area (Å²) in [6, 6.07) is 8.65. The molecular weight excluding hydrogens is 410 g/mol. The van der Waals surface area contributed by atoms with Crippen molar-refractivity contribution in [2.75, 3.05) is 0 Å². The Bertz CT molecular complexity index is 807. The third-order valence-electron chi connectivity index (χ3n) is 5.66. The predicted octanol–water partition coefficient (Wildman–Crippen LogP) is 2.49. The number of hydroxylamine groups is 1. The van der Waals surface area contributed by atoms with E-state index in [-0.39, 0.29) is 30.8 Å². The number of nitrogens with one attached hydrogen (secondary N) is 2. The van der Waals surface area contributed by atoms with Gasteiger partial charge in [-0.1, -0.05) is 51.1 Å². The zero-order chi connectivity index (χ0) is 23.7. The summed E-state index contributed by atoms with van der Waals surface area (Å²) in [5, 5.41) is 2.83. The summed E-state index contributed by atoms with van der Waals surface area (Å²) in [4.78, 5) is 41.5. The normalized spacial score (nSPS) is 21.4. The highest BCUT2D eigenvalue weighted by atomic mass is 16.7. The molecule has 0 fully saturated rings. The zero-order valence-corrected chi connectivity index (χ0v) is 19.3. The van der Waals surface area contributed by atoms with Crippen LogP contribution in [0.3, 0.4) is 0 Å². The van der Waals surface area contributed by atoms with Crippen LogP contribution in [0.25, 0.3) is 0 Å². The molecule has 176 valence electrons. The molecule has 0 aliphatic heterocycles. The summed E-state index contributed by atoms with van der Waals surface area (Å²) < 4.78 is 6.12. The average Bonchev–Trinajstić information content (AvgIpc) is 2.77. The molecule has 32 heavy (non-hydrogen) atoms. The second-order valence-corrected chi connectivity index (χ2v) is 8.25. The molecule has 1 aromatic rings. The number of hydrogen-bond donors (Lipinski definition) is 3. The molecule has 8 nitrogen and oxygen atoms in total. The zero-order valence-electron chi connectivity index (χ0n) is 19.3. The Morgan fingerprint density at radius 3 is 2.41 bits per heavy atom. The van der Waals surface area contributed by atoms with Crippen LogP contribution in [0.2, 0.25) is 0 Å². The Hall–Kier alpha value is -2.71. The number of ether oxygens (including phenoxy) is 1. The molecule has 0 saturated carbocycles. The van der Waals surface area contributed by atoms with Crippen LogP contribution < -0.4 is 16.5 Å². The minimum atomic E-state index is -0.554. The molecule has 2 amide bonds. The number of rotatable bonds is 9. The van der Waals surface area contributed by atoms with E-state index in [0.29, 0.717) is 5.57 Å². The molecule has 1 aliphatic carbocycles. The maximum Gasteiger partial charge on any atom is 0.332 e. The summed E-state index contributed by atoms with van der Waals surface area (Å²) in [5.74, 6) is -1.33. The van der Waals surface area contributed by atoms with Crippen molar-refractivity contribution in [1.29, 1.82) is 0 Å². The Morgan fingerprint density at radius 1 is 1.16 bits per heavy atom. The molecule has 8 heteroatoms. The van der Waals surface area contributed by atoms with Crippen LogP contribution in [-0.2, 0) is 24.0 Å². The minimum Gasteiger partial charge on any atom is -0.369 e. The van der Waals surface area contributed by atoms with Gasteiger partial charge >= 0.3 is 5.97 Å².